The number of nitrogens with one attached hydrogen (secondary N) is 1. The van der Waals surface area contributed by atoms with E-state index in [-0.39, 0.29) is 5.69 Å². The van der Waals surface area contributed by atoms with Gasteiger partial charge in [0.25, 0.3) is 0 Å². The Kier molecular flexibility index (Phi) is 4.38. The number of aromatic nitrogens is 1. The maximum atomic E-state index is 12.1. The number of aromatic amines is 1. The van der Waals surface area contributed by atoms with E-state index in [9.17, 15) is 15.0 Å². The molecule has 0 aliphatic carbocycles. The molecule has 1 fully saturated rings. The van der Waals surface area contributed by atoms with Crippen molar-refractivity contribution in [3.05, 3.63) is 23.5 Å². The van der Waals surface area contributed by atoms with Crippen molar-refractivity contribution >= 4 is 5.97 Å². The zero-order valence-corrected chi connectivity index (χ0v) is 12.5. The Bertz CT molecular complexity index is 511. The minimum atomic E-state index is -1.45. The molecular weight excluding hydrogens is 278 g/mol. The summed E-state index contributed by atoms with van der Waals surface area (Å²) in [4.78, 5) is 15.0. The molecule has 0 aromatic carbocycles. The molecule has 7 heteroatoms. The number of esters is 1. The fourth-order valence-corrected chi connectivity index (χ4v) is 2.54. The van der Waals surface area contributed by atoms with Crippen LogP contribution in [-0.4, -0.2) is 58.5 Å². The second-order valence-corrected chi connectivity index (χ2v) is 5.68. The van der Waals surface area contributed by atoms with Crippen LogP contribution >= 0.6 is 0 Å². The first kappa shape index (κ1) is 16.0. The van der Waals surface area contributed by atoms with Crippen LogP contribution in [0, 0.1) is 6.92 Å². The molecule has 1 aromatic rings. The van der Waals surface area contributed by atoms with Crippen LogP contribution < -0.4 is 0 Å². The maximum Gasteiger partial charge on any atom is 0.355 e. The molecular formula is C14H21NO6. The highest BCUT2D eigenvalue weighted by molar-refractivity contribution is 5.87. The number of aliphatic hydroxyl groups is 2. The number of H-pyrrole nitrogens is 1. The van der Waals surface area contributed by atoms with Crippen LogP contribution in [0.25, 0.3) is 0 Å². The Morgan fingerprint density at radius 3 is 2.57 bits per heavy atom. The van der Waals surface area contributed by atoms with Gasteiger partial charge in [0, 0.05) is 12.8 Å². The van der Waals surface area contributed by atoms with Crippen LogP contribution in [-0.2, 0) is 14.2 Å². The average Bonchev–Trinajstić information content (AvgIpc) is 2.82. The highest BCUT2D eigenvalue weighted by Crippen LogP contribution is 2.32. The standard InChI is InChI=1S/C14H21NO6/c1-7-5-6-8(15-7)12(17)20-10-9(16)13(18)21-14(2,3)11(10)19-4/h5-6,9-11,13,15-16,18H,1-4H3/t9-,10-,11-,13+/m1/s1. The smallest absolute Gasteiger partial charge is 0.355 e. The van der Waals surface area contributed by atoms with E-state index in [1.165, 1.54) is 7.11 Å². The summed E-state index contributed by atoms with van der Waals surface area (Å²) in [6.45, 7) is 5.19. The second-order valence-electron chi connectivity index (χ2n) is 5.68. The molecule has 0 amide bonds. The first-order valence-electron chi connectivity index (χ1n) is 6.69. The molecule has 2 heterocycles. The van der Waals surface area contributed by atoms with Gasteiger partial charge in [-0.1, -0.05) is 0 Å². The largest absolute Gasteiger partial charge is 0.452 e. The number of hydrogen-bond acceptors (Lipinski definition) is 6. The highest BCUT2D eigenvalue weighted by Gasteiger charge is 2.51. The first-order chi connectivity index (χ1) is 9.76. The fourth-order valence-electron chi connectivity index (χ4n) is 2.54. The van der Waals surface area contributed by atoms with Crippen LogP contribution in [0.2, 0.25) is 0 Å². The van der Waals surface area contributed by atoms with Gasteiger partial charge in [0.1, 0.15) is 17.9 Å². The Morgan fingerprint density at radius 1 is 1.38 bits per heavy atom. The summed E-state index contributed by atoms with van der Waals surface area (Å²) in [7, 11) is 1.43. The molecule has 4 atom stereocenters. The zero-order chi connectivity index (χ0) is 15.8. The molecule has 118 valence electrons. The van der Waals surface area contributed by atoms with E-state index in [1.54, 1.807) is 26.0 Å². The number of aryl methyl sites for hydroxylation is 1. The predicted molar refractivity (Wildman–Crippen MR) is 72.7 cm³/mol. The molecule has 1 aliphatic heterocycles. The Hall–Kier alpha value is -1.41. The summed E-state index contributed by atoms with van der Waals surface area (Å²) in [5, 5.41) is 19.8. The van der Waals surface area contributed by atoms with Crippen molar-refractivity contribution in [2.45, 2.75) is 51.0 Å². The summed E-state index contributed by atoms with van der Waals surface area (Å²) < 4.78 is 15.9. The van der Waals surface area contributed by atoms with Gasteiger partial charge >= 0.3 is 5.97 Å². The molecule has 0 spiro atoms. The third kappa shape index (κ3) is 3.11. The Labute approximate surface area is 122 Å². The SMILES string of the molecule is CO[C@@H]1[C@H](OC(=O)c2ccc(C)[nH]2)[C@@H](O)[C@@H](O)OC1(C)C. The minimum Gasteiger partial charge on any atom is -0.452 e. The molecule has 3 N–H and O–H groups in total. The monoisotopic (exact) mass is 299 g/mol. The topological polar surface area (TPSA) is 101 Å². The third-order valence-corrected chi connectivity index (χ3v) is 3.59. The van der Waals surface area contributed by atoms with Crippen molar-refractivity contribution in [3.8, 4) is 0 Å². The summed E-state index contributed by atoms with van der Waals surface area (Å²) >= 11 is 0. The molecule has 2 rings (SSSR count). The molecule has 0 bridgehead atoms. The average molecular weight is 299 g/mol. The quantitative estimate of drug-likeness (QED) is 0.696. The number of rotatable bonds is 3. The van der Waals surface area contributed by atoms with Crippen molar-refractivity contribution in [3.63, 3.8) is 0 Å². The molecule has 0 unspecified atom stereocenters. The molecule has 1 saturated heterocycles. The highest BCUT2D eigenvalue weighted by atomic mass is 16.7. The second kappa shape index (κ2) is 5.76. The van der Waals surface area contributed by atoms with Gasteiger partial charge in [-0.2, -0.15) is 0 Å². The van der Waals surface area contributed by atoms with E-state index >= 15 is 0 Å². The van der Waals surface area contributed by atoms with Crippen molar-refractivity contribution in [1.29, 1.82) is 0 Å². The number of methoxy groups -OCH3 is 1. The van der Waals surface area contributed by atoms with Crippen LogP contribution in [0.3, 0.4) is 0 Å². The molecule has 1 aliphatic rings. The summed E-state index contributed by atoms with van der Waals surface area (Å²) in [5.74, 6) is -0.626. The minimum absolute atomic E-state index is 0.272. The molecule has 7 nitrogen and oxygen atoms in total. The van der Waals surface area contributed by atoms with Crippen molar-refractivity contribution in [2.75, 3.05) is 7.11 Å². The summed E-state index contributed by atoms with van der Waals surface area (Å²) in [6.07, 6.45) is -4.58. The van der Waals surface area contributed by atoms with Crippen LogP contribution in [0.1, 0.15) is 30.0 Å². The molecule has 0 radical (unpaired) electrons. The predicted octanol–water partition coefficient (Wildman–Crippen LogP) is 0.352. The third-order valence-electron chi connectivity index (χ3n) is 3.59. The van der Waals surface area contributed by atoms with Gasteiger partial charge < -0.3 is 29.4 Å². The van der Waals surface area contributed by atoms with E-state index in [4.69, 9.17) is 14.2 Å². The lowest BCUT2D eigenvalue weighted by molar-refractivity contribution is -0.313. The number of ether oxygens (including phenoxy) is 3. The van der Waals surface area contributed by atoms with Crippen molar-refractivity contribution in [1.82, 2.24) is 4.98 Å². The van der Waals surface area contributed by atoms with Gasteiger partial charge in [-0.15, -0.1) is 0 Å². The van der Waals surface area contributed by atoms with Crippen molar-refractivity contribution in [2.24, 2.45) is 0 Å². The summed E-state index contributed by atoms with van der Waals surface area (Å²) in [6, 6.07) is 3.33. The van der Waals surface area contributed by atoms with E-state index in [0.29, 0.717) is 0 Å². The molecule has 1 aromatic heterocycles. The normalized spacial score (nSPS) is 31.9. The van der Waals surface area contributed by atoms with Gasteiger partial charge in [0.2, 0.25) is 0 Å². The maximum absolute atomic E-state index is 12.1. The lowest BCUT2D eigenvalue weighted by Crippen LogP contribution is -2.63. The molecule has 0 saturated carbocycles. The first-order valence-corrected chi connectivity index (χ1v) is 6.69. The van der Waals surface area contributed by atoms with Gasteiger partial charge in [-0.05, 0) is 32.9 Å². The Morgan fingerprint density at radius 2 is 2.05 bits per heavy atom. The number of hydrogen-bond donors (Lipinski definition) is 3. The van der Waals surface area contributed by atoms with Gasteiger partial charge in [-0.25, -0.2) is 4.79 Å². The number of carbonyl (C=O) groups excluding carboxylic acids is 1. The van der Waals surface area contributed by atoms with Gasteiger partial charge in [0.15, 0.2) is 12.4 Å². The van der Waals surface area contributed by atoms with Crippen LogP contribution in [0.5, 0.6) is 0 Å². The van der Waals surface area contributed by atoms with Crippen molar-refractivity contribution < 1.29 is 29.2 Å². The lowest BCUT2D eigenvalue weighted by Gasteiger charge is -2.46. The van der Waals surface area contributed by atoms with E-state index < -0.39 is 36.2 Å². The molecule has 21 heavy (non-hydrogen) atoms. The van der Waals surface area contributed by atoms with E-state index in [1.807, 2.05) is 6.92 Å². The number of aliphatic hydroxyl groups excluding tert-OH is 2. The fraction of sp³-hybridized carbons (Fsp3) is 0.643. The van der Waals surface area contributed by atoms with Crippen LogP contribution in [0.4, 0.5) is 0 Å². The van der Waals surface area contributed by atoms with Gasteiger partial charge in [0.05, 0.1) is 5.60 Å². The lowest BCUT2D eigenvalue weighted by atomic mass is 9.89. The number of carbonyl (C=O) groups is 1. The van der Waals surface area contributed by atoms with Crippen LogP contribution in [0.15, 0.2) is 12.1 Å². The summed E-state index contributed by atoms with van der Waals surface area (Å²) in [5.41, 5.74) is 0.177. The zero-order valence-electron chi connectivity index (χ0n) is 12.5. The van der Waals surface area contributed by atoms with Gasteiger partial charge in [-0.3, -0.25) is 0 Å². The van der Waals surface area contributed by atoms with E-state index in [0.717, 1.165) is 5.69 Å². The van der Waals surface area contributed by atoms with E-state index in [2.05, 4.69) is 4.98 Å². The Balaban J connectivity index is 2.20.